The van der Waals surface area contributed by atoms with Gasteiger partial charge in [-0.2, -0.15) is 0 Å². The van der Waals surface area contributed by atoms with Crippen LogP contribution in [0.25, 0.3) is 0 Å². The molecule has 0 amide bonds. The lowest BCUT2D eigenvalue weighted by atomic mass is 10.4. The van der Waals surface area contributed by atoms with Crippen LogP contribution in [0.15, 0.2) is 12.3 Å². The first-order valence-electron chi connectivity index (χ1n) is 4.04. The van der Waals surface area contributed by atoms with Crippen molar-refractivity contribution in [3.63, 3.8) is 0 Å². The molecular formula is C8H11N3O2. The van der Waals surface area contributed by atoms with E-state index in [0.29, 0.717) is 5.95 Å². The maximum atomic E-state index is 10.5. The van der Waals surface area contributed by atoms with E-state index in [0.717, 1.165) is 13.0 Å². The SMILES string of the molecule is CCCNc1nccc(C(=O)O)n1. The highest BCUT2D eigenvalue weighted by Crippen LogP contribution is 1.99. The van der Waals surface area contributed by atoms with E-state index in [4.69, 9.17) is 5.11 Å². The Labute approximate surface area is 75.8 Å². The predicted octanol–water partition coefficient (Wildman–Crippen LogP) is 0.997. The molecule has 13 heavy (non-hydrogen) atoms. The molecule has 1 aromatic rings. The van der Waals surface area contributed by atoms with Gasteiger partial charge in [0.2, 0.25) is 5.95 Å². The topological polar surface area (TPSA) is 75.1 Å². The molecule has 0 aromatic carbocycles. The number of carboxylic acid groups (broad SMARTS) is 1. The summed E-state index contributed by atoms with van der Waals surface area (Å²) in [5, 5.41) is 11.5. The lowest BCUT2D eigenvalue weighted by Crippen LogP contribution is -2.08. The molecule has 0 aliphatic carbocycles. The maximum absolute atomic E-state index is 10.5. The summed E-state index contributed by atoms with van der Waals surface area (Å²) in [6.07, 6.45) is 2.37. The van der Waals surface area contributed by atoms with Gasteiger partial charge in [-0.15, -0.1) is 0 Å². The van der Waals surface area contributed by atoms with Crippen LogP contribution in [-0.2, 0) is 0 Å². The van der Waals surface area contributed by atoms with E-state index < -0.39 is 5.97 Å². The van der Waals surface area contributed by atoms with Crippen molar-refractivity contribution in [2.75, 3.05) is 11.9 Å². The minimum Gasteiger partial charge on any atom is -0.477 e. The smallest absolute Gasteiger partial charge is 0.354 e. The number of hydrogen-bond donors (Lipinski definition) is 2. The van der Waals surface area contributed by atoms with Gasteiger partial charge in [-0.25, -0.2) is 14.8 Å². The van der Waals surface area contributed by atoms with Crippen molar-refractivity contribution in [1.82, 2.24) is 9.97 Å². The second-order valence-electron chi connectivity index (χ2n) is 2.50. The van der Waals surface area contributed by atoms with Gasteiger partial charge in [0, 0.05) is 12.7 Å². The molecule has 70 valence electrons. The molecule has 0 radical (unpaired) electrons. The highest BCUT2D eigenvalue weighted by molar-refractivity contribution is 5.85. The van der Waals surface area contributed by atoms with E-state index in [1.807, 2.05) is 6.92 Å². The normalized spacial score (nSPS) is 9.62. The van der Waals surface area contributed by atoms with Crippen LogP contribution in [0.2, 0.25) is 0 Å². The van der Waals surface area contributed by atoms with E-state index in [-0.39, 0.29) is 5.69 Å². The number of rotatable bonds is 4. The van der Waals surface area contributed by atoms with Crippen molar-refractivity contribution in [2.45, 2.75) is 13.3 Å². The Balaban J connectivity index is 2.73. The van der Waals surface area contributed by atoms with Crippen LogP contribution in [0.4, 0.5) is 5.95 Å². The number of aromatic nitrogens is 2. The summed E-state index contributed by atoms with van der Waals surface area (Å²) in [7, 11) is 0. The monoisotopic (exact) mass is 181 g/mol. The molecule has 0 aliphatic heterocycles. The Bertz CT molecular complexity index is 301. The van der Waals surface area contributed by atoms with E-state index in [2.05, 4.69) is 15.3 Å². The third-order valence-corrected chi connectivity index (χ3v) is 1.41. The Kier molecular flexibility index (Phi) is 3.19. The quantitative estimate of drug-likeness (QED) is 0.724. The summed E-state index contributed by atoms with van der Waals surface area (Å²) in [5.41, 5.74) is 0.00797. The van der Waals surface area contributed by atoms with Crippen LogP contribution in [0.1, 0.15) is 23.8 Å². The summed E-state index contributed by atoms with van der Waals surface area (Å²) < 4.78 is 0. The van der Waals surface area contributed by atoms with Gasteiger partial charge in [-0.3, -0.25) is 0 Å². The second kappa shape index (κ2) is 4.39. The molecule has 0 atom stereocenters. The molecule has 1 heterocycles. The molecular weight excluding hydrogens is 170 g/mol. The largest absolute Gasteiger partial charge is 0.477 e. The summed E-state index contributed by atoms with van der Waals surface area (Å²) in [5.74, 6) is -0.677. The first-order chi connectivity index (χ1) is 6.24. The number of anilines is 1. The number of nitrogens with one attached hydrogen (secondary N) is 1. The van der Waals surface area contributed by atoms with E-state index >= 15 is 0 Å². The fourth-order valence-corrected chi connectivity index (χ4v) is 0.800. The van der Waals surface area contributed by atoms with Crippen LogP contribution >= 0.6 is 0 Å². The Morgan fingerprint density at radius 2 is 2.46 bits per heavy atom. The maximum Gasteiger partial charge on any atom is 0.354 e. The van der Waals surface area contributed by atoms with Gasteiger partial charge in [0.1, 0.15) is 0 Å². The molecule has 0 spiro atoms. The molecule has 5 heteroatoms. The molecule has 0 unspecified atom stereocenters. The van der Waals surface area contributed by atoms with Gasteiger partial charge >= 0.3 is 5.97 Å². The highest BCUT2D eigenvalue weighted by atomic mass is 16.4. The van der Waals surface area contributed by atoms with Crippen molar-refractivity contribution in [3.8, 4) is 0 Å². The average molecular weight is 181 g/mol. The van der Waals surface area contributed by atoms with E-state index in [1.165, 1.54) is 12.3 Å². The number of aromatic carboxylic acids is 1. The molecule has 5 nitrogen and oxygen atoms in total. The fourth-order valence-electron chi connectivity index (χ4n) is 0.800. The van der Waals surface area contributed by atoms with E-state index in [1.54, 1.807) is 0 Å². The van der Waals surface area contributed by atoms with Crippen LogP contribution in [0.5, 0.6) is 0 Å². The third-order valence-electron chi connectivity index (χ3n) is 1.41. The second-order valence-corrected chi connectivity index (χ2v) is 2.50. The van der Waals surface area contributed by atoms with Crippen LogP contribution < -0.4 is 5.32 Å². The van der Waals surface area contributed by atoms with E-state index in [9.17, 15) is 4.79 Å². The third kappa shape index (κ3) is 2.70. The van der Waals surface area contributed by atoms with Gasteiger partial charge < -0.3 is 10.4 Å². The molecule has 0 aliphatic rings. The summed E-state index contributed by atoms with van der Waals surface area (Å²) in [6.45, 7) is 2.75. The Morgan fingerprint density at radius 1 is 1.69 bits per heavy atom. The van der Waals surface area contributed by atoms with Crippen molar-refractivity contribution in [1.29, 1.82) is 0 Å². The molecule has 1 aromatic heterocycles. The minimum absolute atomic E-state index is 0.00797. The summed E-state index contributed by atoms with van der Waals surface area (Å²) in [6, 6.07) is 1.36. The Hall–Kier alpha value is -1.65. The lowest BCUT2D eigenvalue weighted by Gasteiger charge is -2.01. The average Bonchev–Trinajstić information content (AvgIpc) is 2.15. The molecule has 0 saturated carbocycles. The Morgan fingerprint density at radius 3 is 3.08 bits per heavy atom. The number of nitrogens with zero attached hydrogens (tertiary/aromatic N) is 2. The molecule has 0 saturated heterocycles. The van der Waals surface area contributed by atoms with Crippen molar-refractivity contribution < 1.29 is 9.90 Å². The summed E-state index contributed by atoms with van der Waals surface area (Å²) in [4.78, 5) is 18.2. The van der Waals surface area contributed by atoms with Crippen LogP contribution in [0, 0.1) is 0 Å². The zero-order valence-corrected chi connectivity index (χ0v) is 7.32. The standard InChI is InChI=1S/C8H11N3O2/c1-2-4-9-8-10-5-3-6(11-8)7(12)13/h3,5H,2,4H2,1H3,(H,12,13)(H,9,10,11). The molecule has 0 bridgehead atoms. The van der Waals surface area contributed by atoms with Crippen molar-refractivity contribution in [2.24, 2.45) is 0 Å². The zero-order chi connectivity index (χ0) is 9.68. The first-order valence-corrected chi connectivity index (χ1v) is 4.04. The van der Waals surface area contributed by atoms with Crippen LogP contribution in [0.3, 0.4) is 0 Å². The van der Waals surface area contributed by atoms with Gasteiger partial charge in [-0.05, 0) is 12.5 Å². The van der Waals surface area contributed by atoms with Crippen LogP contribution in [-0.4, -0.2) is 27.6 Å². The zero-order valence-electron chi connectivity index (χ0n) is 7.32. The first kappa shape index (κ1) is 9.44. The molecule has 1 rings (SSSR count). The number of hydrogen-bond acceptors (Lipinski definition) is 4. The van der Waals surface area contributed by atoms with Crippen molar-refractivity contribution in [3.05, 3.63) is 18.0 Å². The van der Waals surface area contributed by atoms with Gasteiger partial charge in [0.05, 0.1) is 0 Å². The van der Waals surface area contributed by atoms with Gasteiger partial charge in [-0.1, -0.05) is 6.92 Å². The minimum atomic E-state index is -1.04. The highest BCUT2D eigenvalue weighted by Gasteiger charge is 2.04. The fraction of sp³-hybridized carbons (Fsp3) is 0.375. The molecule has 0 fully saturated rings. The van der Waals surface area contributed by atoms with Gasteiger partial charge in [0.15, 0.2) is 5.69 Å². The summed E-state index contributed by atoms with van der Waals surface area (Å²) >= 11 is 0. The van der Waals surface area contributed by atoms with Gasteiger partial charge in [0.25, 0.3) is 0 Å². The lowest BCUT2D eigenvalue weighted by molar-refractivity contribution is 0.0690. The molecule has 2 N–H and O–H groups in total. The van der Waals surface area contributed by atoms with Crippen molar-refractivity contribution >= 4 is 11.9 Å². The number of carboxylic acids is 1. The number of carbonyl (C=O) groups is 1. The predicted molar refractivity (Wildman–Crippen MR) is 47.8 cm³/mol.